The van der Waals surface area contributed by atoms with Crippen LogP contribution in [0.2, 0.25) is 0 Å². The second kappa shape index (κ2) is 9.36. The molecule has 1 aromatic heterocycles. The molecule has 0 aliphatic carbocycles. The van der Waals surface area contributed by atoms with E-state index in [0.717, 1.165) is 22.9 Å². The van der Waals surface area contributed by atoms with Gasteiger partial charge in [0.15, 0.2) is 5.57 Å². The molecule has 1 aromatic rings. The highest BCUT2D eigenvalue weighted by atomic mass is 32.2. The molecule has 0 aliphatic heterocycles. The average Bonchev–Trinajstić information content (AvgIpc) is 2.90. The summed E-state index contributed by atoms with van der Waals surface area (Å²) in [5, 5.41) is 23.6. The quantitative estimate of drug-likeness (QED) is 0.376. The molecule has 0 unspecified atom stereocenters. The molecular formula is C14H16N6S. The Kier molecular flexibility index (Phi) is 7.35. The van der Waals surface area contributed by atoms with Crippen molar-refractivity contribution in [3.8, 4) is 24.5 Å². The van der Waals surface area contributed by atoms with E-state index in [0.29, 0.717) is 12.4 Å². The molecule has 6 nitrogen and oxygen atoms in total. The molecule has 1 rings (SSSR count). The first kappa shape index (κ1) is 16.5. The van der Waals surface area contributed by atoms with Crippen LogP contribution in [0.4, 0.5) is 0 Å². The first-order valence-corrected chi connectivity index (χ1v) is 7.40. The topological polar surface area (TPSA) is 100 Å². The van der Waals surface area contributed by atoms with Gasteiger partial charge in [0.2, 0.25) is 0 Å². The van der Waals surface area contributed by atoms with Gasteiger partial charge in [-0.25, -0.2) is 4.98 Å². The summed E-state index contributed by atoms with van der Waals surface area (Å²) in [7, 11) is 0. The van der Waals surface area contributed by atoms with Gasteiger partial charge in [0.1, 0.15) is 18.0 Å². The lowest BCUT2D eigenvalue weighted by atomic mass is 10.3. The summed E-state index contributed by atoms with van der Waals surface area (Å²) >= 11 is 1.72. The van der Waals surface area contributed by atoms with Crippen LogP contribution in [-0.4, -0.2) is 28.8 Å². The van der Waals surface area contributed by atoms with Gasteiger partial charge < -0.3 is 15.6 Å². The lowest BCUT2D eigenvalue weighted by Gasteiger charge is -2.11. The fraction of sp³-hybridized carbons (Fsp3) is 0.357. The fourth-order valence-electron chi connectivity index (χ4n) is 1.47. The van der Waals surface area contributed by atoms with E-state index in [4.69, 9.17) is 16.9 Å². The maximum atomic E-state index is 8.88. The number of thioether (sulfide) groups is 1. The molecule has 1 heterocycles. The van der Waals surface area contributed by atoms with Gasteiger partial charge in [-0.3, -0.25) is 0 Å². The first-order valence-electron chi connectivity index (χ1n) is 6.25. The number of nitrogens with zero attached hydrogens (tertiary/aromatic N) is 3. The SMILES string of the molecule is C#CCNC(NCCSCc1nc[nH]c1C)=C(C#N)C#N. The lowest BCUT2D eigenvalue weighted by Crippen LogP contribution is -2.29. The van der Waals surface area contributed by atoms with Gasteiger partial charge in [-0.1, -0.05) is 5.92 Å². The zero-order valence-corrected chi connectivity index (χ0v) is 12.5. The molecule has 0 spiro atoms. The van der Waals surface area contributed by atoms with Crippen molar-refractivity contribution in [2.24, 2.45) is 0 Å². The highest BCUT2D eigenvalue weighted by Gasteiger charge is 2.05. The maximum absolute atomic E-state index is 8.88. The minimum absolute atomic E-state index is 0.00149. The van der Waals surface area contributed by atoms with Gasteiger partial charge >= 0.3 is 0 Å². The minimum atomic E-state index is -0.00149. The van der Waals surface area contributed by atoms with Crippen LogP contribution in [-0.2, 0) is 5.75 Å². The largest absolute Gasteiger partial charge is 0.369 e. The summed E-state index contributed by atoms with van der Waals surface area (Å²) in [6.45, 7) is 2.86. The van der Waals surface area contributed by atoms with Gasteiger partial charge in [0, 0.05) is 23.7 Å². The van der Waals surface area contributed by atoms with E-state index in [9.17, 15) is 0 Å². The number of H-pyrrole nitrogens is 1. The van der Waals surface area contributed by atoms with E-state index in [1.54, 1.807) is 18.1 Å². The third-order valence-electron chi connectivity index (χ3n) is 2.56. The van der Waals surface area contributed by atoms with Gasteiger partial charge in [-0.15, -0.1) is 6.42 Å². The Morgan fingerprint density at radius 3 is 2.76 bits per heavy atom. The second-order valence-corrected chi connectivity index (χ2v) is 5.09. The Labute approximate surface area is 128 Å². The number of hydrogen-bond donors (Lipinski definition) is 3. The number of nitriles is 2. The molecule has 0 atom stereocenters. The third-order valence-corrected chi connectivity index (χ3v) is 3.53. The molecule has 7 heteroatoms. The minimum Gasteiger partial charge on any atom is -0.369 e. The predicted molar refractivity (Wildman–Crippen MR) is 82.6 cm³/mol. The Morgan fingerprint density at radius 1 is 1.43 bits per heavy atom. The number of terminal acetylenes is 1. The lowest BCUT2D eigenvalue weighted by molar-refractivity contribution is 0.743. The van der Waals surface area contributed by atoms with Crippen LogP contribution in [0.3, 0.4) is 0 Å². The van der Waals surface area contributed by atoms with Crippen LogP contribution >= 0.6 is 11.8 Å². The molecule has 3 N–H and O–H groups in total. The van der Waals surface area contributed by atoms with E-state index in [1.807, 2.05) is 19.1 Å². The fourth-order valence-corrected chi connectivity index (χ4v) is 2.34. The number of hydrogen-bond acceptors (Lipinski definition) is 6. The molecule has 0 saturated carbocycles. The molecule has 0 bridgehead atoms. The van der Waals surface area contributed by atoms with Crippen LogP contribution < -0.4 is 10.6 Å². The number of aromatic nitrogens is 2. The van der Waals surface area contributed by atoms with Gasteiger partial charge in [-0.05, 0) is 6.92 Å². The van der Waals surface area contributed by atoms with Crippen LogP contribution in [0, 0.1) is 41.9 Å². The Morgan fingerprint density at radius 2 is 2.19 bits per heavy atom. The van der Waals surface area contributed by atoms with Crippen molar-refractivity contribution < 1.29 is 0 Å². The van der Waals surface area contributed by atoms with E-state index >= 15 is 0 Å². The number of imidazole rings is 1. The zero-order valence-electron chi connectivity index (χ0n) is 11.7. The Balaban J connectivity index is 2.39. The van der Waals surface area contributed by atoms with E-state index < -0.39 is 0 Å². The molecule has 0 amide bonds. The van der Waals surface area contributed by atoms with Crippen LogP contribution in [0.15, 0.2) is 17.7 Å². The van der Waals surface area contributed by atoms with E-state index in [-0.39, 0.29) is 12.1 Å². The third kappa shape index (κ3) is 5.52. The molecule has 108 valence electrons. The number of allylic oxidation sites excluding steroid dienone is 1. The first-order chi connectivity index (χ1) is 10.2. The van der Waals surface area contributed by atoms with Crippen molar-refractivity contribution in [2.75, 3.05) is 18.8 Å². The number of rotatable bonds is 8. The van der Waals surface area contributed by atoms with E-state index in [1.165, 1.54) is 0 Å². The maximum Gasteiger partial charge on any atom is 0.169 e. The van der Waals surface area contributed by atoms with Gasteiger partial charge in [0.05, 0.1) is 18.6 Å². The molecule has 0 radical (unpaired) electrons. The summed E-state index contributed by atoms with van der Waals surface area (Å²) < 4.78 is 0. The van der Waals surface area contributed by atoms with Crippen LogP contribution in [0.1, 0.15) is 11.4 Å². The Bertz CT molecular complexity index is 595. The van der Waals surface area contributed by atoms with Crippen LogP contribution in [0.25, 0.3) is 0 Å². The standard InChI is InChI=1S/C14H16N6S/c1-3-4-17-14(12(7-15)8-16)18-5-6-21-9-13-11(2)19-10-20-13/h1,10,17-18H,4-6,9H2,2H3,(H,19,20). The highest BCUT2D eigenvalue weighted by Crippen LogP contribution is 2.11. The molecular weight excluding hydrogens is 284 g/mol. The number of aryl methyl sites for hydroxylation is 1. The van der Waals surface area contributed by atoms with Crippen molar-refractivity contribution in [2.45, 2.75) is 12.7 Å². The van der Waals surface area contributed by atoms with Crippen molar-refractivity contribution in [1.82, 2.24) is 20.6 Å². The van der Waals surface area contributed by atoms with Crippen molar-refractivity contribution in [1.29, 1.82) is 10.5 Å². The zero-order chi connectivity index (χ0) is 15.5. The molecule has 0 saturated heterocycles. The summed E-state index contributed by atoms with van der Waals surface area (Å²) in [5.41, 5.74) is 2.11. The van der Waals surface area contributed by atoms with Crippen molar-refractivity contribution in [3.05, 3.63) is 29.1 Å². The van der Waals surface area contributed by atoms with Gasteiger partial charge in [0.25, 0.3) is 0 Å². The molecule has 21 heavy (non-hydrogen) atoms. The molecule has 0 aromatic carbocycles. The smallest absolute Gasteiger partial charge is 0.169 e. The van der Waals surface area contributed by atoms with Crippen molar-refractivity contribution >= 4 is 11.8 Å². The average molecular weight is 300 g/mol. The number of nitrogens with one attached hydrogen (secondary N) is 3. The Hall–Kier alpha value is -2.56. The summed E-state index contributed by atoms with van der Waals surface area (Å²) in [5.74, 6) is 4.42. The molecule has 0 fully saturated rings. The molecule has 0 aliphatic rings. The number of aromatic amines is 1. The van der Waals surface area contributed by atoms with E-state index in [2.05, 4.69) is 26.5 Å². The highest BCUT2D eigenvalue weighted by molar-refractivity contribution is 7.98. The monoisotopic (exact) mass is 300 g/mol. The van der Waals surface area contributed by atoms with Crippen LogP contribution in [0.5, 0.6) is 0 Å². The summed E-state index contributed by atoms with van der Waals surface area (Å²) in [4.78, 5) is 7.25. The summed E-state index contributed by atoms with van der Waals surface area (Å²) in [6.07, 6.45) is 6.84. The van der Waals surface area contributed by atoms with Crippen molar-refractivity contribution in [3.63, 3.8) is 0 Å². The second-order valence-electron chi connectivity index (χ2n) is 3.98. The summed E-state index contributed by atoms with van der Waals surface area (Å²) in [6, 6.07) is 3.67. The van der Waals surface area contributed by atoms with Gasteiger partial charge in [-0.2, -0.15) is 22.3 Å². The predicted octanol–water partition coefficient (Wildman–Crippen LogP) is 1.02. The normalized spacial score (nSPS) is 9.05.